The number of hydrogen-bond acceptors (Lipinski definition) is 2. The Bertz CT molecular complexity index is 254. The van der Waals surface area contributed by atoms with E-state index in [4.69, 9.17) is 5.84 Å². The molecule has 0 aromatic rings. The molecule has 3 unspecified atom stereocenters. The largest absolute Gasteiger partial charge is 0.391 e. The molecule has 2 nitrogen and oxygen atoms in total. The van der Waals surface area contributed by atoms with Gasteiger partial charge in [0.2, 0.25) is 0 Å². The second kappa shape index (κ2) is 7.48. The van der Waals surface area contributed by atoms with E-state index in [1.54, 1.807) is 0 Å². The molecule has 0 aliphatic heterocycles. The van der Waals surface area contributed by atoms with E-state index < -0.39 is 12.1 Å². The molecule has 114 valence electrons. The van der Waals surface area contributed by atoms with Crippen molar-refractivity contribution >= 4 is 0 Å². The van der Waals surface area contributed by atoms with Crippen LogP contribution in [0.5, 0.6) is 0 Å². The first-order chi connectivity index (χ1) is 8.84. The van der Waals surface area contributed by atoms with Gasteiger partial charge in [-0.05, 0) is 37.5 Å². The van der Waals surface area contributed by atoms with Crippen LogP contribution in [0.15, 0.2) is 0 Å². The third-order valence-electron chi connectivity index (χ3n) is 4.26. The van der Waals surface area contributed by atoms with Crippen molar-refractivity contribution < 1.29 is 13.2 Å². The molecule has 0 radical (unpaired) electrons. The predicted octanol–water partition coefficient (Wildman–Crippen LogP) is 4.01. The Morgan fingerprint density at radius 1 is 1.21 bits per heavy atom. The van der Waals surface area contributed by atoms with Crippen molar-refractivity contribution in [2.45, 2.75) is 71.0 Å². The van der Waals surface area contributed by atoms with E-state index in [-0.39, 0.29) is 24.8 Å². The molecule has 3 N–H and O–H groups in total. The maximum absolute atomic E-state index is 12.8. The van der Waals surface area contributed by atoms with Gasteiger partial charge in [-0.3, -0.25) is 11.3 Å². The summed E-state index contributed by atoms with van der Waals surface area (Å²) in [6.45, 7) is 4.32. The summed E-state index contributed by atoms with van der Waals surface area (Å²) in [5.41, 5.74) is 2.75. The van der Waals surface area contributed by atoms with Gasteiger partial charge in [0.05, 0.1) is 5.92 Å². The first kappa shape index (κ1) is 16.8. The Kier molecular flexibility index (Phi) is 6.60. The molecule has 1 aliphatic rings. The van der Waals surface area contributed by atoms with Crippen LogP contribution in [0.4, 0.5) is 13.2 Å². The molecule has 19 heavy (non-hydrogen) atoms. The molecule has 1 rings (SSSR count). The molecule has 0 aromatic heterocycles. The molecule has 0 heterocycles. The lowest BCUT2D eigenvalue weighted by molar-refractivity contribution is -0.186. The highest BCUT2D eigenvalue weighted by Gasteiger charge is 2.43. The van der Waals surface area contributed by atoms with E-state index in [9.17, 15) is 13.2 Å². The Morgan fingerprint density at radius 3 is 2.42 bits per heavy atom. The Morgan fingerprint density at radius 2 is 1.89 bits per heavy atom. The summed E-state index contributed by atoms with van der Waals surface area (Å²) >= 11 is 0. The molecular weight excluding hydrogens is 253 g/mol. The standard InChI is InChI=1S/C14H27F3N2/c1-10(2)5-3-8-13(19-18)11-6-4-7-12(9-11)14(15,16)17/h10-13,19H,3-9,18H2,1-2H3. The van der Waals surface area contributed by atoms with Crippen molar-refractivity contribution in [3.8, 4) is 0 Å². The molecule has 0 amide bonds. The minimum Gasteiger partial charge on any atom is -0.271 e. The Hall–Kier alpha value is -0.290. The molecule has 0 spiro atoms. The number of halogens is 3. The number of alkyl halides is 3. The van der Waals surface area contributed by atoms with Gasteiger partial charge in [-0.25, -0.2) is 0 Å². The number of rotatable bonds is 6. The maximum Gasteiger partial charge on any atom is 0.391 e. The van der Waals surface area contributed by atoms with E-state index in [2.05, 4.69) is 19.3 Å². The van der Waals surface area contributed by atoms with Gasteiger partial charge in [-0.15, -0.1) is 0 Å². The van der Waals surface area contributed by atoms with E-state index in [1.165, 1.54) is 0 Å². The second-order valence-corrected chi connectivity index (χ2v) is 6.26. The third-order valence-corrected chi connectivity index (χ3v) is 4.26. The van der Waals surface area contributed by atoms with Crippen molar-refractivity contribution in [3.63, 3.8) is 0 Å². The molecule has 3 atom stereocenters. The quantitative estimate of drug-likeness (QED) is 0.570. The molecule has 1 saturated carbocycles. The Balaban J connectivity index is 2.46. The maximum atomic E-state index is 12.8. The summed E-state index contributed by atoms with van der Waals surface area (Å²) in [5.74, 6) is 5.11. The molecule has 0 saturated heterocycles. The fourth-order valence-corrected chi connectivity index (χ4v) is 3.09. The van der Waals surface area contributed by atoms with Crippen LogP contribution in [-0.2, 0) is 0 Å². The normalized spacial score (nSPS) is 26.7. The average molecular weight is 280 g/mol. The molecule has 0 bridgehead atoms. The van der Waals surface area contributed by atoms with Crippen LogP contribution in [0.2, 0.25) is 0 Å². The van der Waals surface area contributed by atoms with Crippen LogP contribution < -0.4 is 11.3 Å². The SMILES string of the molecule is CC(C)CCCC(NN)C1CCCC(C(F)(F)F)C1. The summed E-state index contributed by atoms with van der Waals surface area (Å²) in [6, 6.07) is 0.0314. The van der Waals surface area contributed by atoms with Gasteiger partial charge in [-0.1, -0.05) is 33.1 Å². The monoisotopic (exact) mass is 280 g/mol. The topological polar surface area (TPSA) is 38.0 Å². The smallest absolute Gasteiger partial charge is 0.271 e. The lowest BCUT2D eigenvalue weighted by atomic mass is 9.76. The highest BCUT2D eigenvalue weighted by Crippen LogP contribution is 2.41. The van der Waals surface area contributed by atoms with Crippen LogP contribution in [0.1, 0.15) is 58.8 Å². The first-order valence-electron chi connectivity index (χ1n) is 7.37. The van der Waals surface area contributed by atoms with Gasteiger partial charge in [0, 0.05) is 6.04 Å². The minimum atomic E-state index is -4.05. The summed E-state index contributed by atoms with van der Waals surface area (Å²) in [7, 11) is 0. The molecular formula is C14H27F3N2. The number of nitrogens with one attached hydrogen (secondary N) is 1. The van der Waals surface area contributed by atoms with E-state index >= 15 is 0 Å². The van der Waals surface area contributed by atoms with Gasteiger partial charge in [-0.2, -0.15) is 13.2 Å². The van der Waals surface area contributed by atoms with E-state index in [1.807, 2.05) is 0 Å². The molecule has 1 fully saturated rings. The zero-order valence-corrected chi connectivity index (χ0v) is 12.0. The van der Waals surface area contributed by atoms with Gasteiger partial charge >= 0.3 is 6.18 Å². The second-order valence-electron chi connectivity index (χ2n) is 6.26. The zero-order valence-electron chi connectivity index (χ0n) is 12.0. The lowest BCUT2D eigenvalue weighted by Gasteiger charge is -2.35. The van der Waals surface area contributed by atoms with Crippen molar-refractivity contribution in [3.05, 3.63) is 0 Å². The molecule has 5 heteroatoms. The average Bonchev–Trinajstić information content (AvgIpc) is 2.33. The van der Waals surface area contributed by atoms with E-state index in [0.717, 1.165) is 25.7 Å². The number of hydrogen-bond donors (Lipinski definition) is 2. The highest BCUT2D eigenvalue weighted by atomic mass is 19.4. The van der Waals surface area contributed by atoms with Crippen LogP contribution in [0, 0.1) is 17.8 Å². The van der Waals surface area contributed by atoms with Crippen molar-refractivity contribution in [2.75, 3.05) is 0 Å². The lowest BCUT2D eigenvalue weighted by Crippen LogP contribution is -2.44. The molecule has 0 aromatic carbocycles. The zero-order chi connectivity index (χ0) is 14.5. The van der Waals surface area contributed by atoms with Crippen LogP contribution >= 0.6 is 0 Å². The van der Waals surface area contributed by atoms with Crippen molar-refractivity contribution in [2.24, 2.45) is 23.6 Å². The van der Waals surface area contributed by atoms with Gasteiger partial charge in [0.15, 0.2) is 0 Å². The number of nitrogens with two attached hydrogens (primary N) is 1. The third kappa shape index (κ3) is 5.69. The first-order valence-corrected chi connectivity index (χ1v) is 7.37. The van der Waals surface area contributed by atoms with Crippen molar-refractivity contribution in [1.29, 1.82) is 0 Å². The van der Waals surface area contributed by atoms with Gasteiger partial charge in [0.1, 0.15) is 0 Å². The Labute approximate surface area is 114 Å². The van der Waals surface area contributed by atoms with Crippen LogP contribution in [0.25, 0.3) is 0 Å². The van der Waals surface area contributed by atoms with Crippen molar-refractivity contribution in [1.82, 2.24) is 5.43 Å². The van der Waals surface area contributed by atoms with Crippen LogP contribution in [-0.4, -0.2) is 12.2 Å². The minimum absolute atomic E-state index is 0.0314. The summed E-state index contributed by atoms with van der Waals surface area (Å²) in [6.07, 6.45) is 1.01. The summed E-state index contributed by atoms with van der Waals surface area (Å²) < 4.78 is 38.4. The number of hydrazine groups is 1. The molecule has 1 aliphatic carbocycles. The van der Waals surface area contributed by atoms with E-state index in [0.29, 0.717) is 12.3 Å². The highest BCUT2D eigenvalue weighted by molar-refractivity contribution is 4.84. The van der Waals surface area contributed by atoms with Crippen LogP contribution in [0.3, 0.4) is 0 Å². The fraction of sp³-hybridized carbons (Fsp3) is 1.00. The fourth-order valence-electron chi connectivity index (χ4n) is 3.09. The summed E-state index contributed by atoms with van der Waals surface area (Å²) in [5, 5.41) is 0. The summed E-state index contributed by atoms with van der Waals surface area (Å²) in [4.78, 5) is 0. The predicted molar refractivity (Wildman–Crippen MR) is 71.3 cm³/mol. The van der Waals surface area contributed by atoms with Gasteiger partial charge in [0.25, 0.3) is 0 Å². The van der Waals surface area contributed by atoms with Gasteiger partial charge < -0.3 is 0 Å².